The molecule has 0 radical (unpaired) electrons. The molecule has 0 aliphatic heterocycles. The molecule has 0 atom stereocenters. The van der Waals surface area contributed by atoms with E-state index in [1.807, 2.05) is 20.8 Å². The quantitative estimate of drug-likeness (QED) is 0.677. The number of halogens is 1. The molecule has 2 N–H and O–H groups in total. The Hall–Kier alpha value is -3.29. The number of ether oxygens (including phenoxy) is 3. The zero-order valence-electron chi connectivity index (χ0n) is 16.0. The van der Waals surface area contributed by atoms with E-state index in [0.717, 1.165) is 12.1 Å². The van der Waals surface area contributed by atoms with Gasteiger partial charge in [-0.25, -0.2) is 4.39 Å². The summed E-state index contributed by atoms with van der Waals surface area (Å²) in [5.41, 5.74) is 5.03. The van der Waals surface area contributed by atoms with E-state index in [9.17, 15) is 14.0 Å². The van der Waals surface area contributed by atoms with Crippen LogP contribution in [0.4, 0.5) is 4.39 Å². The van der Waals surface area contributed by atoms with Gasteiger partial charge in [0.1, 0.15) is 5.82 Å². The average Bonchev–Trinajstić information content (AvgIpc) is 2.69. The van der Waals surface area contributed by atoms with Crippen LogP contribution in [-0.2, 0) is 0 Å². The summed E-state index contributed by atoms with van der Waals surface area (Å²) >= 11 is 0. The SMILES string of the molecule is CCOc1cc(C(=O)NNC(=O)c2ccc(F)cc2)cc(OCC)c1OCC. The highest BCUT2D eigenvalue weighted by Crippen LogP contribution is 2.39. The molecule has 0 fully saturated rings. The molecule has 150 valence electrons. The third kappa shape index (κ3) is 5.35. The summed E-state index contributed by atoms with van der Waals surface area (Å²) in [6.07, 6.45) is 0. The van der Waals surface area contributed by atoms with Crippen LogP contribution in [0.25, 0.3) is 0 Å². The maximum Gasteiger partial charge on any atom is 0.269 e. The Labute approximate surface area is 162 Å². The first-order valence-electron chi connectivity index (χ1n) is 8.92. The van der Waals surface area contributed by atoms with E-state index in [0.29, 0.717) is 37.1 Å². The molecule has 2 aromatic rings. The fourth-order valence-corrected chi connectivity index (χ4v) is 2.38. The van der Waals surface area contributed by atoms with E-state index in [-0.39, 0.29) is 11.1 Å². The Morgan fingerprint density at radius 3 is 1.71 bits per heavy atom. The monoisotopic (exact) mass is 390 g/mol. The van der Waals surface area contributed by atoms with Crippen LogP contribution in [-0.4, -0.2) is 31.6 Å². The van der Waals surface area contributed by atoms with Gasteiger partial charge in [-0.1, -0.05) is 0 Å². The molecule has 2 rings (SSSR count). The summed E-state index contributed by atoms with van der Waals surface area (Å²) in [4.78, 5) is 24.5. The van der Waals surface area contributed by atoms with Gasteiger partial charge in [0.05, 0.1) is 19.8 Å². The number of nitrogens with one attached hydrogen (secondary N) is 2. The fraction of sp³-hybridized carbons (Fsp3) is 0.300. The number of carbonyl (C=O) groups excluding carboxylic acids is 2. The molecule has 0 unspecified atom stereocenters. The Morgan fingerprint density at radius 1 is 0.786 bits per heavy atom. The number of benzene rings is 2. The maximum atomic E-state index is 12.9. The molecule has 0 aliphatic rings. The van der Waals surface area contributed by atoms with Crippen LogP contribution >= 0.6 is 0 Å². The molecule has 0 heterocycles. The molecule has 0 spiro atoms. The minimum absolute atomic E-state index is 0.207. The normalized spacial score (nSPS) is 10.1. The van der Waals surface area contributed by atoms with E-state index < -0.39 is 17.6 Å². The van der Waals surface area contributed by atoms with Gasteiger partial charge in [-0.3, -0.25) is 20.4 Å². The van der Waals surface area contributed by atoms with Gasteiger partial charge in [-0.2, -0.15) is 0 Å². The molecule has 0 aromatic heterocycles. The topological polar surface area (TPSA) is 85.9 Å². The number of rotatable bonds is 8. The number of amides is 2. The summed E-state index contributed by atoms with van der Waals surface area (Å²) in [6.45, 7) is 6.60. The predicted molar refractivity (Wildman–Crippen MR) is 101 cm³/mol. The molecule has 0 saturated heterocycles. The van der Waals surface area contributed by atoms with E-state index in [4.69, 9.17) is 14.2 Å². The van der Waals surface area contributed by atoms with Crippen LogP contribution in [0.3, 0.4) is 0 Å². The van der Waals surface area contributed by atoms with E-state index in [2.05, 4.69) is 10.9 Å². The molecule has 0 bridgehead atoms. The lowest BCUT2D eigenvalue weighted by Crippen LogP contribution is -2.41. The first kappa shape index (κ1) is 21.0. The summed E-state index contributed by atoms with van der Waals surface area (Å²) in [5.74, 6) is -0.453. The molecule has 7 nitrogen and oxygen atoms in total. The van der Waals surface area contributed by atoms with Crippen LogP contribution in [0.2, 0.25) is 0 Å². The van der Waals surface area contributed by atoms with Crippen molar-refractivity contribution < 1.29 is 28.2 Å². The zero-order valence-corrected chi connectivity index (χ0v) is 16.0. The van der Waals surface area contributed by atoms with Crippen molar-refractivity contribution in [2.45, 2.75) is 20.8 Å². The van der Waals surface area contributed by atoms with Crippen LogP contribution in [0.15, 0.2) is 36.4 Å². The van der Waals surface area contributed by atoms with Gasteiger partial charge in [0.15, 0.2) is 11.5 Å². The summed E-state index contributed by atoms with van der Waals surface area (Å²) in [7, 11) is 0. The molecule has 0 saturated carbocycles. The van der Waals surface area contributed by atoms with Crippen molar-refractivity contribution in [3.05, 3.63) is 53.3 Å². The van der Waals surface area contributed by atoms with Gasteiger partial charge in [0.25, 0.3) is 11.8 Å². The Bertz CT molecular complexity index is 797. The van der Waals surface area contributed by atoms with E-state index in [1.165, 1.54) is 24.3 Å². The summed E-state index contributed by atoms with van der Waals surface area (Å²) in [6, 6.07) is 7.97. The minimum atomic E-state index is -0.575. The third-order valence-corrected chi connectivity index (χ3v) is 3.57. The standard InChI is InChI=1S/C20H23FN2O5/c1-4-26-16-11-14(12-17(27-5-2)18(16)28-6-3)20(25)23-22-19(24)13-7-9-15(21)10-8-13/h7-12H,4-6H2,1-3H3,(H,22,24)(H,23,25). The molecular formula is C20H23FN2O5. The highest BCUT2D eigenvalue weighted by molar-refractivity contribution is 5.99. The number of hydrazine groups is 1. The van der Waals surface area contributed by atoms with Gasteiger partial charge >= 0.3 is 0 Å². The highest BCUT2D eigenvalue weighted by Gasteiger charge is 2.19. The van der Waals surface area contributed by atoms with Gasteiger partial charge in [-0.05, 0) is 57.2 Å². The van der Waals surface area contributed by atoms with Crippen LogP contribution in [0.5, 0.6) is 17.2 Å². The summed E-state index contributed by atoms with van der Waals surface area (Å²) in [5, 5.41) is 0. The van der Waals surface area contributed by atoms with Gasteiger partial charge in [0, 0.05) is 11.1 Å². The molecule has 8 heteroatoms. The van der Waals surface area contributed by atoms with Crippen molar-refractivity contribution in [3.8, 4) is 17.2 Å². The van der Waals surface area contributed by atoms with Crippen LogP contribution < -0.4 is 25.1 Å². The lowest BCUT2D eigenvalue weighted by Gasteiger charge is -2.17. The number of hydrogen-bond donors (Lipinski definition) is 2. The van der Waals surface area contributed by atoms with Crippen LogP contribution in [0.1, 0.15) is 41.5 Å². The van der Waals surface area contributed by atoms with Crippen LogP contribution in [0, 0.1) is 5.82 Å². The Balaban J connectivity index is 2.18. The predicted octanol–water partition coefficient (Wildman–Crippen LogP) is 3.10. The average molecular weight is 390 g/mol. The number of carbonyl (C=O) groups is 2. The third-order valence-electron chi connectivity index (χ3n) is 3.57. The van der Waals surface area contributed by atoms with Crippen molar-refractivity contribution in [1.29, 1.82) is 0 Å². The maximum absolute atomic E-state index is 12.9. The van der Waals surface area contributed by atoms with Gasteiger partial charge < -0.3 is 14.2 Å². The highest BCUT2D eigenvalue weighted by atomic mass is 19.1. The lowest BCUT2D eigenvalue weighted by molar-refractivity contribution is 0.0846. The second-order valence-electron chi connectivity index (χ2n) is 5.52. The van der Waals surface area contributed by atoms with Gasteiger partial charge in [0.2, 0.25) is 5.75 Å². The zero-order chi connectivity index (χ0) is 20.5. The molecule has 2 aromatic carbocycles. The van der Waals surface area contributed by atoms with E-state index in [1.54, 1.807) is 0 Å². The first-order chi connectivity index (χ1) is 13.5. The second-order valence-corrected chi connectivity index (χ2v) is 5.52. The van der Waals surface area contributed by atoms with Gasteiger partial charge in [-0.15, -0.1) is 0 Å². The second kappa shape index (κ2) is 10.1. The largest absolute Gasteiger partial charge is 0.490 e. The smallest absolute Gasteiger partial charge is 0.269 e. The minimum Gasteiger partial charge on any atom is -0.490 e. The summed E-state index contributed by atoms with van der Waals surface area (Å²) < 4.78 is 29.7. The van der Waals surface area contributed by atoms with Crippen molar-refractivity contribution in [1.82, 2.24) is 10.9 Å². The van der Waals surface area contributed by atoms with Crippen molar-refractivity contribution in [3.63, 3.8) is 0 Å². The van der Waals surface area contributed by atoms with Crippen molar-refractivity contribution in [2.75, 3.05) is 19.8 Å². The molecule has 2 amide bonds. The Kier molecular flexibility index (Phi) is 7.62. The first-order valence-corrected chi connectivity index (χ1v) is 8.92. The Morgan fingerprint density at radius 2 is 1.25 bits per heavy atom. The van der Waals surface area contributed by atoms with E-state index >= 15 is 0 Å². The lowest BCUT2D eigenvalue weighted by atomic mass is 10.1. The molecular weight excluding hydrogens is 367 g/mol. The fourth-order valence-electron chi connectivity index (χ4n) is 2.38. The molecule has 28 heavy (non-hydrogen) atoms. The number of hydrogen-bond acceptors (Lipinski definition) is 5. The van der Waals surface area contributed by atoms with Crippen molar-refractivity contribution in [2.24, 2.45) is 0 Å². The molecule has 0 aliphatic carbocycles. The van der Waals surface area contributed by atoms with Crippen molar-refractivity contribution >= 4 is 11.8 Å².